The largest absolute Gasteiger partial charge is 0.438 e. The average Bonchev–Trinajstić information content (AvgIpc) is 3.23. The molecule has 3 heterocycles. The summed E-state index contributed by atoms with van der Waals surface area (Å²) in [4.78, 5) is 12.3. The normalized spacial score (nSPS) is 20.2. The SMILES string of the molecule is Cc1nn(Cn2ccc(C(=O)N3N=CC[C@@]3(O)C(F)(F)F)n2)c(C)c1Cl. The van der Waals surface area contributed by atoms with E-state index in [-0.39, 0.29) is 17.4 Å². The number of hydrogen-bond acceptors (Lipinski definition) is 5. The number of nitrogens with zero attached hydrogens (tertiary/aromatic N) is 6. The monoisotopic (exact) mass is 390 g/mol. The molecule has 0 unspecified atom stereocenters. The minimum atomic E-state index is -5.05. The molecule has 1 atom stereocenters. The molecule has 3 rings (SSSR count). The molecular formula is C14H14ClF3N6O2. The van der Waals surface area contributed by atoms with Crippen LogP contribution in [0.1, 0.15) is 28.3 Å². The van der Waals surface area contributed by atoms with Crippen LogP contribution in [0, 0.1) is 13.8 Å². The van der Waals surface area contributed by atoms with Crippen LogP contribution in [0.4, 0.5) is 13.2 Å². The first kappa shape index (κ1) is 18.4. The number of rotatable bonds is 3. The Morgan fingerprint density at radius 2 is 2.08 bits per heavy atom. The van der Waals surface area contributed by atoms with Crippen LogP contribution in [0.15, 0.2) is 17.4 Å². The molecule has 26 heavy (non-hydrogen) atoms. The Morgan fingerprint density at radius 1 is 1.38 bits per heavy atom. The number of hydrogen-bond donors (Lipinski definition) is 1. The quantitative estimate of drug-likeness (QED) is 0.867. The summed E-state index contributed by atoms with van der Waals surface area (Å²) in [6, 6.07) is 1.24. The zero-order valence-electron chi connectivity index (χ0n) is 13.7. The Labute approximate surface area is 150 Å². The van der Waals surface area contributed by atoms with Crippen LogP contribution in [0.25, 0.3) is 0 Å². The van der Waals surface area contributed by atoms with Gasteiger partial charge in [-0.25, -0.2) is 4.68 Å². The van der Waals surface area contributed by atoms with Gasteiger partial charge in [0.1, 0.15) is 6.67 Å². The van der Waals surface area contributed by atoms with Gasteiger partial charge in [-0.3, -0.25) is 9.48 Å². The summed E-state index contributed by atoms with van der Waals surface area (Å²) in [5, 5.41) is 21.8. The number of hydrazone groups is 1. The lowest BCUT2D eigenvalue weighted by molar-refractivity contribution is -0.297. The van der Waals surface area contributed by atoms with E-state index in [0.29, 0.717) is 16.4 Å². The van der Waals surface area contributed by atoms with Crippen molar-refractivity contribution >= 4 is 23.7 Å². The zero-order valence-corrected chi connectivity index (χ0v) is 14.5. The van der Waals surface area contributed by atoms with Crippen molar-refractivity contribution < 1.29 is 23.1 Å². The van der Waals surface area contributed by atoms with E-state index in [1.54, 1.807) is 18.5 Å². The van der Waals surface area contributed by atoms with Crippen LogP contribution in [0.3, 0.4) is 0 Å². The van der Waals surface area contributed by atoms with Gasteiger partial charge in [-0.15, -0.1) is 0 Å². The van der Waals surface area contributed by atoms with Crippen molar-refractivity contribution in [2.75, 3.05) is 0 Å². The number of amides is 1. The molecule has 140 valence electrons. The molecule has 0 fully saturated rings. The first-order chi connectivity index (χ1) is 12.0. The van der Waals surface area contributed by atoms with Crippen molar-refractivity contribution in [2.45, 2.75) is 38.8 Å². The summed E-state index contributed by atoms with van der Waals surface area (Å²) < 4.78 is 42.1. The van der Waals surface area contributed by atoms with Crippen molar-refractivity contribution in [1.82, 2.24) is 24.6 Å². The molecule has 1 amide bonds. The molecule has 1 aliphatic rings. The van der Waals surface area contributed by atoms with Gasteiger partial charge in [0, 0.05) is 18.8 Å². The third kappa shape index (κ3) is 2.86. The first-order valence-electron chi connectivity index (χ1n) is 7.43. The van der Waals surface area contributed by atoms with E-state index in [1.807, 2.05) is 0 Å². The molecule has 8 nitrogen and oxygen atoms in total. The lowest BCUT2D eigenvalue weighted by Crippen LogP contribution is -2.56. The summed E-state index contributed by atoms with van der Waals surface area (Å²) in [6.07, 6.45) is -3.65. The van der Waals surface area contributed by atoms with Crippen molar-refractivity contribution in [3.8, 4) is 0 Å². The lowest BCUT2D eigenvalue weighted by Gasteiger charge is -2.32. The minimum absolute atomic E-state index is 0.000149. The predicted molar refractivity (Wildman–Crippen MR) is 84.6 cm³/mol. The van der Waals surface area contributed by atoms with E-state index in [9.17, 15) is 23.1 Å². The van der Waals surface area contributed by atoms with Gasteiger partial charge in [0.05, 0.1) is 16.4 Å². The smallest absolute Gasteiger partial charge is 0.362 e. The van der Waals surface area contributed by atoms with E-state index in [0.717, 1.165) is 6.21 Å². The van der Waals surface area contributed by atoms with Gasteiger partial charge in [-0.1, -0.05) is 11.6 Å². The molecule has 0 aromatic carbocycles. The van der Waals surface area contributed by atoms with E-state index in [2.05, 4.69) is 15.3 Å². The van der Waals surface area contributed by atoms with Crippen LogP contribution in [-0.2, 0) is 6.67 Å². The number of aryl methyl sites for hydroxylation is 1. The van der Waals surface area contributed by atoms with Gasteiger partial charge in [-0.05, 0) is 19.9 Å². The highest BCUT2D eigenvalue weighted by atomic mass is 35.5. The van der Waals surface area contributed by atoms with Crippen LogP contribution >= 0.6 is 11.6 Å². The number of carbonyl (C=O) groups is 1. The van der Waals surface area contributed by atoms with Crippen molar-refractivity contribution in [3.63, 3.8) is 0 Å². The van der Waals surface area contributed by atoms with E-state index in [1.165, 1.54) is 16.9 Å². The molecule has 1 aliphatic heterocycles. The fourth-order valence-corrected chi connectivity index (χ4v) is 2.64. The molecule has 0 spiro atoms. The van der Waals surface area contributed by atoms with Gasteiger partial charge in [0.25, 0.3) is 11.6 Å². The number of aliphatic hydroxyl groups is 1. The summed E-state index contributed by atoms with van der Waals surface area (Å²) >= 11 is 6.06. The lowest BCUT2D eigenvalue weighted by atomic mass is 10.1. The maximum Gasteiger partial charge on any atom is 0.438 e. The van der Waals surface area contributed by atoms with Crippen molar-refractivity contribution in [1.29, 1.82) is 0 Å². The molecule has 2 aromatic heterocycles. The third-order valence-corrected chi connectivity index (χ3v) is 4.55. The molecule has 0 bridgehead atoms. The molecule has 0 saturated heterocycles. The summed E-state index contributed by atoms with van der Waals surface area (Å²) in [7, 11) is 0. The number of alkyl halides is 3. The Morgan fingerprint density at radius 3 is 2.65 bits per heavy atom. The first-order valence-corrected chi connectivity index (χ1v) is 7.81. The van der Waals surface area contributed by atoms with E-state index < -0.39 is 24.2 Å². The highest BCUT2D eigenvalue weighted by Gasteiger charge is 2.61. The Balaban J connectivity index is 1.82. The average molecular weight is 391 g/mol. The molecule has 12 heteroatoms. The molecule has 0 radical (unpaired) electrons. The molecule has 2 aromatic rings. The van der Waals surface area contributed by atoms with Crippen molar-refractivity contribution in [2.24, 2.45) is 5.10 Å². The second-order valence-corrected chi connectivity index (χ2v) is 6.18. The Kier molecular flexibility index (Phi) is 4.31. The van der Waals surface area contributed by atoms with Crippen LogP contribution < -0.4 is 0 Å². The van der Waals surface area contributed by atoms with Gasteiger partial charge in [-0.2, -0.15) is 33.5 Å². The second-order valence-electron chi connectivity index (χ2n) is 5.80. The molecule has 0 aliphatic carbocycles. The molecular weight excluding hydrogens is 377 g/mol. The fourth-order valence-electron chi connectivity index (χ4n) is 2.50. The maximum absolute atomic E-state index is 13.1. The zero-order chi connectivity index (χ0) is 19.3. The van der Waals surface area contributed by atoms with E-state index in [4.69, 9.17) is 11.6 Å². The molecule has 1 N–H and O–H groups in total. The topological polar surface area (TPSA) is 88.5 Å². The summed E-state index contributed by atoms with van der Waals surface area (Å²) in [5.41, 5.74) is -2.37. The standard InChI is InChI=1S/C14H14ClF3N6O2/c1-8-11(15)9(2)23(20-8)7-22-6-3-10(21-22)12(25)24-13(26,4-5-19-24)14(16,17)18/h3,5-6,26H,4,7H2,1-2H3/t13-/m1/s1. The van der Waals surface area contributed by atoms with Crippen LogP contribution in [0.5, 0.6) is 0 Å². The van der Waals surface area contributed by atoms with Crippen LogP contribution in [0.2, 0.25) is 5.02 Å². The van der Waals surface area contributed by atoms with Crippen LogP contribution in [-0.4, -0.2) is 53.7 Å². The number of aromatic nitrogens is 4. The minimum Gasteiger partial charge on any atom is -0.362 e. The van der Waals surface area contributed by atoms with E-state index >= 15 is 0 Å². The highest BCUT2D eigenvalue weighted by molar-refractivity contribution is 6.31. The second kappa shape index (κ2) is 6.09. The number of halogens is 4. The van der Waals surface area contributed by atoms with Crippen molar-refractivity contribution in [3.05, 3.63) is 34.4 Å². The molecule has 0 saturated carbocycles. The maximum atomic E-state index is 13.1. The summed E-state index contributed by atoms with van der Waals surface area (Å²) in [5.74, 6) is -1.16. The summed E-state index contributed by atoms with van der Waals surface area (Å²) in [6.45, 7) is 3.59. The Hall–Kier alpha value is -2.40. The van der Waals surface area contributed by atoms with Gasteiger partial charge < -0.3 is 5.11 Å². The predicted octanol–water partition coefficient (Wildman–Crippen LogP) is 1.94. The van der Waals surface area contributed by atoms with Gasteiger partial charge in [0.2, 0.25) is 0 Å². The van der Waals surface area contributed by atoms with Gasteiger partial charge in [0.15, 0.2) is 5.69 Å². The van der Waals surface area contributed by atoms with Gasteiger partial charge >= 0.3 is 6.18 Å². The fraction of sp³-hybridized carbons (Fsp3) is 0.429. The highest BCUT2D eigenvalue weighted by Crippen LogP contribution is 2.39. The Bertz CT molecular complexity index is 890. The number of carbonyl (C=O) groups excluding carboxylic acids is 1. The third-order valence-electron chi connectivity index (χ3n) is 4.00.